The fourth-order valence-corrected chi connectivity index (χ4v) is 2.89. The van der Waals surface area contributed by atoms with Crippen LogP contribution in [0.25, 0.3) is 0 Å². The molecule has 1 saturated heterocycles. The lowest BCUT2D eigenvalue weighted by Crippen LogP contribution is -2.44. The van der Waals surface area contributed by atoms with Gasteiger partial charge in [0, 0.05) is 30.6 Å². The third-order valence-corrected chi connectivity index (χ3v) is 3.96. The maximum atomic E-state index is 11.4. The van der Waals surface area contributed by atoms with Crippen LogP contribution in [0.3, 0.4) is 0 Å². The Morgan fingerprint density at radius 2 is 2.06 bits per heavy atom. The molecule has 0 N–H and O–H groups in total. The van der Waals surface area contributed by atoms with E-state index in [9.17, 15) is 8.76 Å². The number of aryl methyl sites for hydroxylation is 1. The van der Waals surface area contributed by atoms with Crippen molar-refractivity contribution in [3.63, 3.8) is 0 Å². The van der Waals surface area contributed by atoms with Gasteiger partial charge >= 0.3 is 0 Å². The van der Waals surface area contributed by atoms with E-state index >= 15 is 0 Å². The van der Waals surface area contributed by atoms with Gasteiger partial charge in [-0.3, -0.25) is 13.2 Å². The van der Waals surface area contributed by atoms with Crippen molar-refractivity contribution >= 4 is 29.4 Å². The first-order chi connectivity index (χ1) is 8.08. The van der Waals surface area contributed by atoms with Crippen molar-refractivity contribution in [3.8, 4) is 0 Å². The average molecular weight is 294 g/mol. The lowest BCUT2D eigenvalue weighted by atomic mass is 10.1. The second-order valence-electron chi connectivity index (χ2n) is 4.45. The summed E-state index contributed by atoms with van der Waals surface area (Å²) in [6.07, 6.45) is 5.04. The lowest BCUT2D eigenvalue weighted by Gasteiger charge is -2.38. The monoisotopic (exact) mass is 293 g/mol. The molecule has 1 fully saturated rings. The number of aromatic nitrogens is 2. The summed E-state index contributed by atoms with van der Waals surface area (Å²) in [6, 6.07) is 0.0498. The number of hydrogen-bond acceptors (Lipinski definition) is 4. The Hall–Kier alpha value is -0.630. The first kappa shape index (κ1) is 15.4. The molecule has 1 aromatic rings. The minimum atomic E-state index is -2.24. The van der Waals surface area contributed by atoms with E-state index < -0.39 is 11.3 Å². The smallest absolute Gasteiger partial charge is 0.0865 e. The van der Waals surface area contributed by atoms with Crippen LogP contribution in [-0.4, -0.2) is 49.6 Å². The molecule has 0 aromatic carbocycles. The average Bonchev–Trinajstić information content (AvgIpc) is 2.68. The molecule has 0 spiro atoms. The zero-order chi connectivity index (χ0) is 12.4. The quantitative estimate of drug-likeness (QED) is 0.763. The second kappa shape index (κ2) is 6.51. The summed E-state index contributed by atoms with van der Waals surface area (Å²) in [5, 5.41) is 4.02. The van der Waals surface area contributed by atoms with Gasteiger partial charge in [0.25, 0.3) is 0 Å². The number of piperidine rings is 1. The molecule has 1 aliphatic heterocycles. The fraction of sp³-hybridized carbons (Fsp3) is 0.700. The van der Waals surface area contributed by atoms with Crippen LogP contribution < -0.4 is 4.31 Å². The predicted octanol–water partition coefficient (Wildman–Crippen LogP) is 0.537. The van der Waals surface area contributed by atoms with E-state index in [0.717, 1.165) is 25.9 Å². The Bertz CT molecular complexity index is 406. The van der Waals surface area contributed by atoms with Crippen molar-refractivity contribution in [2.45, 2.75) is 18.9 Å². The number of rotatable bonds is 3. The molecule has 0 saturated carbocycles. The van der Waals surface area contributed by atoms with Crippen LogP contribution >= 0.6 is 12.4 Å². The summed E-state index contributed by atoms with van der Waals surface area (Å²) in [5.41, 5.74) is 0.649. The third-order valence-electron chi connectivity index (χ3n) is 3.13. The van der Waals surface area contributed by atoms with Crippen LogP contribution in [0.15, 0.2) is 12.4 Å². The molecule has 104 valence electrons. The molecular formula is C10H18ClN4O2S-. The summed E-state index contributed by atoms with van der Waals surface area (Å²) in [7, 11) is 3.84. The standard InChI is InChI=1S/C10H18N4O2S.ClH/c1-12-5-3-9(4-6-12)14(17(15)16)10-7-11-13(2)8-10;/h7-9H,3-6H2,1-2H3,(H,15,16);1H/p-1. The number of nitrogens with zero attached hydrogens (tertiary/aromatic N) is 4. The van der Waals surface area contributed by atoms with Gasteiger partial charge in [0.1, 0.15) is 0 Å². The summed E-state index contributed by atoms with van der Waals surface area (Å²) in [5.74, 6) is 0. The van der Waals surface area contributed by atoms with Gasteiger partial charge < -0.3 is 9.45 Å². The number of hydrogen-bond donors (Lipinski definition) is 0. The minimum absolute atomic E-state index is 0. The van der Waals surface area contributed by atoms with E-state index in [1.54, 1.807) is 24.1 Å². The minimum Gasteiger partial charge on any atom is -0.755 e. The van der Waals surface area contributed by atoms with Crippen molar-refractivity contribution in [2.75, 3.05) is 24.4 Å². The van der Waals surface area contributed by atoms with Crippen LogP contribution in [0.4, 0.5) is 5.69 Å². The van der Waals surface area contributed by atoms with E-state index in [0.29, 0.717) is 5.69 Å². The molecule has 0 amide bonds. The van der Waals surface area contributed by atoms with Crippen molar-refractivity contribution in [3.05, 3.63) is 12.4 Å². The van der Waals surface area contributed by atoms with Gasteiger partial charge in [-0.2, -0.15) is 5.10 Å². The molecule has 2 rings (SSSR count). The Balaban J connectivity index is 0.00000162. The molecule has 2 heterocycles. The van der Waals surface area contributed by atoms with Gasteiger partial charge in [0.15, 0.2) is 0 Å². The van der Waals surface area contributed by atoms with Gasteiger partial charge in [-0.15, -0.1) is 12.4 Å². The van der Waals surface area contributed by atoms with Crippen LogP contribution in [0.2, 0.25) is 0 Å². The van der Waals surface area contributed by atoms with Gasteiger partial charge in [0.2, 0.25) is 0 Å². The van der Waals surface area contributed by atoms with E-state index in [4.69, 9.17) is 0 Å². The summed E-state index contributed by atoms with van der Waals surface area (Å²) in [4.78, 5) is 2.21. The largest absolute Gasteiger partial charge is 0.755 e. The van der Waals surface area contributed by atoms with Crippen LogP contribution in [0.1, 0.15) is 12.8 Å². The molecule has 0 aliphatic carbocycles. The van der Waals surface area contributed by atoms with Crippen LogP contribution in [0.5, 0.6) is 0 Å². The van der Waals surface area contributed by atoms with E-state index in [1.807, 2.05) is 0 Å². The highest BCUT2D eigenvalue weighted by Gasteiger charge is 2.25. The van der Waals surface area contributed by atoms with E-state index in [2.05, 4.69) is 17.0 Å². The predicted molar refractivity (Wildman–Crippen MR) is 72.4 cm³/mol. The van der Waals surface area contributed by atoms with Crippen molar-refractivity contribution in [1.29, 1.82) is 0 Å². The Morgan fingerprint density at radius 1 is 1.44 bits per heavy atom. The molecule has 0 radical (unpaired) electrons. The van der Waals surface area contributed by atoms with Gasteiger partial charge in [-0.1, -0.05) is 0 Å². The highest BCUT2D eigenvalue weighted by molar-refractivity contribution is 7.80. The molecule has 1 atom stereocenters. The first-order valence-corrected chi connectivity index (χ1v) is 6.67. The van der Waals surface area contributed by atoms with Gasteiger partial charge in [-0.05, 0) is 33.0 Å². The summed E-state index contributed by atoms with van der Waals surface area (Å²) >= 11 is -2.24. The Labute approximate surface area is 116 Å². The first-order valence-electron chi connectivity index (χ1n) is 5.63. The number of anilines is 1. The molecule has 1 unspecified atom stereocenters. The SMILES string of the molecule is CN1CCC(N(c2cnn(C)c2)S(=O)[O-])CC1.Cl. The zero-order valence-corrected chi connectivity index (χ0v) is 12.1. The topological polar surface area (TPSA) is 64.4 Å². The highest BCUT2D eigenvalue weighted by atomic mass is 35.5. The maximum Gasteiger partial charge on any atom is 0.0865 e. The van der Waals surface area contributed by atoms with Crippen LogP contribution in [0, 0.1) is 0 Å². The van der Waals surface area contributed by atoms with Gasteiger partial charge in [0.05, 0.1) is 11.9 Å². The van der Waals surface area contributed by atoms with Crippen molar-refractivity contribution < 1.29 is 8.76 Å². The highest BCUT2D eigenvalue weighted by Crippen LogP contribution is 2.23. The lowest BCUT2D eigenvalue weighted by molar-refractivity contribution is 0.257. The zero-order valence-electron chi connectivity index (χ0n) is 10.5. The number of halogens is 1. The third kappa shape index (κ3) is 3.44. The molecule has 18 heavy (non-hydrogen) atoms. The summed E-state index contributed by atoms with van der Waals surface area (Å²) < 4.78 is 25.8. The molecule has 1 aliphatic rings. The van der Waals surface area contributed by atoms with Crippen molar-refractivity contribution in [1.82, 2.24) is 14.7 Å². The second-order valence-corrected chi connectivity index (χ2v) is 5.28. The van der Waals surface area contributed by atoms with E-state index in [-0.39, 0.29) is 18.4 Å². The van der Waals surface area contributed by atoms with E-state index in [1.165, 1.54) is 4.31 Å². The van der Waals surface area contributed by atoms with Crippen LogP contribution in [-0.2, 0) is 18.3 Å². The molecule has 8 heteroatoms. The fourth-order valence-electron chi connectivity index (χ4n) is 2.17. The Kier molecular flexibility index (Phi) is 5.58. The molecule has 1 aromatic heterocycles. The maximum absolute atomic E-state index is 11.4. The normalized spacial score (nSPS) is 19.3. The molecule has 0 bridgehead atoms. The van der Waals surface area contributed by atoms with Gasteiger partial charge in [-0.25, -0.2) is 0 Å². The molecule has 6 nitrogen and oxygen atoms in total. The number of likely N-dealkylation sites (tertiary alicyclic amines) is 1. The van der Waals surface area contributed by atoms with Crippen molar-refractivity contribution in [2.24, 2.45) is 7.05 Å². The Morgan fingerprint density at radius 3 is 2.50 bits per heavy atom. The molecular weight excluding hydrogens is 276 g/mol. The summed E-state index contributed by atoms with van der Waals surface area (Å²) in [6.45, 7) is 1.86.